The molecule has 126 valence electrons. The van der Waals surface area contributed by atoms with Crippen LogP contribution in [0.25, 0.3) is 0 Å². The largest absolute Gasteiger partial charge is 0.394 e. The highest BCUT2D eigenvalue weighted by Crippen LogP contribution is 2.20. The van der Waals surface area contributed by atoms with Crippen LogP contribution >= 0.6 is 0 Å². The van der Waals surface area contributed by atoms with Crippen molar-refractivity contribution in [3.8, 4) is 0 Å². The molecule has 1 rings (SSSR count). The lowest BCUT2D eigenvalue weighted by Gasteiger charge is -2.31. The van der Waals surface area contributed by atoms with Crippen LogP contribution in [-0.2, 0) is 0 Å². The highest BCUT2D eigenvalue weighted by atomic mass is 16.3. The van der Waals surface area contributed by atoms with E-state index in [2.05, 4.69) is 31.0 Å². The molecule has 0 spiro atoms. The molecule has 21 heavy (non-hydrogen) atoms. The van der Waals surface area contributed by atoms with Crippen molar-refractivity contribution in [3.63, 3.8) is 0 Å². The van der Waals surface area contributed by atoms with Crippen LogP contribution in [0, 0.1) is 0 Å². The van der Waals surface area contributed by atoms with Crippen molar-refractivity contribution in [1.82, 2.24) is 10.2 Å². The third-order valence-electron chi connectivity index (χ3n) is 5.04. The number of nitrogens with zero attached hydrogens (tertiary/aromatic N) is 1. The second kappa shape index (κ2) is 10.6. The van der Waals surface area contributed by atoms with Crippen LogP contribution in [0.2, 0.25) is 0 Å². The Hall–Kier alpha value is -0.120. The van der Waals surface area contributed by atoms with E-state index >= 15 is 0 Å². The van der Waals surface area contributed by atoms with Crippen molar-refractivity contribution in [2.75, 3.05) is 26.2 Å². The number of nitrogens with one attached hydrogen (secondary N) is 1. The maximum Gasteiger partial charge on any atom is 0.0610 e. The van der Waals surface area contributed by atoms with Crippen molar-refractivity contribution in [3.05, 3.63) is 0 Å². The monoisotopic (exact) mass is 298 g/mol. The Morgan fingerprint density at radius 1 is 1.19 bits per heavy atom. The smallest absolute Gasteiger partial charge is 0.0610 e. The van der Waals surface area contributed by atoms with Crippen molar-refractivity contribution >= 4 is 0 Å². The van der Waals surface area contributed by atoms with E-state index in [1.165, 1.54) is 58.0 Å². The predicted molar refractivity (Wildman–Crippen MR) is 91.8 cm³/mol. The molecule has 0 aromatic rings. The molecular formula is C18H38N2O. The summed E-state index contributed by atoms with van der Waals surface area (Å²) in [5.41, 5.74) is -0.0844. The average Bonchev–Trinajstić information content (AvgIpc) is 2.74. The first-order chi connectivity index (χ1) is 10.1. The molecule has 1 aliphatic rings. The molecule has 0 aliphatic carbocycles. The van der Waals surface area contributed by atoms with Crippen molar-refractivity contribution in [2.24, 2.45) is 0 Å². The summed E-state index contributed by atoms with van der Waals surface area (Å²) in [6.45, 7) is 10.5. The van der Waals surface area contributed by atoms with Gasteiger partial charge in [0, 0.05) is 11.6 Å². The predicted octanol–water partition coefficient (Wildman–Crippen LogP) is 3.56. The summed E-state index contributed by atoms with van der Waals surface area (Å²) in [7, 11) is 0. The zero-order chi connectivity index (χ0) is 15.6. The third kappa shape index (κ3) is 7.12. The summed E-state index contributed by atoms with van der Waals surface area (Å²) in [5, 5.41) is 13.1. The molecule has 0 radical (unpaired) electrons. The minimum Gasteiger partial charge on any atom is -0.394 e. The Bertz CT molecular complexity index is 260. The summed E-state index contributed by atoms with van der Waals surface area (Å²) < 4.78 is 0. The molecule has 0 saturated carbocycles. The average molecular weight is 299 g/mol. The van der Waals surface area contributed by atoms with Gasteiger partial charge in [0.25, 0.3) is 0 Å². The molecule has 0 bridgehead atoms. The number of unbranched alkanes of at least 4 members (excludes halogenated alkanes) is 1. The van der Waals surface area contributed by atoms with Crippen LogP contribution < -0.4 is 5.32 Å². The van der Waals surface area contributed by atoms with Gasteiger partial charge in [0.1, 0.15) is 0 Å². The van der Waals surface area contributed by atoms with Crippen LogP contribution in [0.3, 0.4) is 0 Å². The second-order valence-corrected chi connectivity index (χ2v) is 7.05. The molecule has 1 fully saturated rings. The van der Waals surface area contributed by atoms with E-state index in [1.807, 2.05) is 0 Å². The van der Waals surface area contributed by atoms with Gasteiger partial charge in [-0.2, -0.15) is 0 Å². The fourth-order valence-electron chi connectivity index (χ4n) is 3.47. The van der Waals surface area contributed by atoms with E-state index in [4.69, 9.17) is 0 Å². The van der Waals surface area contributed by atoms with Gasteiger partial charge in [-0.3, -0.25) is 0 Å². The van der Waals surface area contributed by atoms with E-state index in [9.17, 15) is 5.11 Å². The molecule has 0 aromatic heterocycles. The van der Waals surface area contributed by atoms with Gasteiger partial charge >= 0.3 is 0 Å². The van der Waals surface area contributed by atoms with Crippen LogP contribution in [0.4, 0.5) is 0 Å². The molecule has 2 unspecified atom stereocenters. The minimum absolute atomic E-state index is 0.0844. The lowest BCUT2D eigenvalue weighted by Crippen LogP contribution is -2.46. The normalized spacial score (nSPS) is 23.7. The summed E-state index contributed by atoms with van der Waals surface area (Å²) in [5.74, 6) is 0. The Morgan fingerprint density at radius 2 is 2.00 bits per heavy atom. The Labute approximate surface area is 132 Å². The van der Waals surface area contributed by atoms with Gasteiger partial charge in [-0.15, -0.1) is 0 Å². The van der Waals surface area contributed by atoms with Crippen LogP contribution in [0.15, 0.2) is 0 Å². The highest BCUT2D eigenvalue weighted by molar-refractivity contribution is 4.82. The summed E-state index contributed by atoms with van der Waals surface area (Å²) in [6, 6.07) is 0.815. The second-order valence-electron chi connectivity index (χ2n) is 7.05. The van der Waals surface area contributed by atoms with E-state index in [1.54, 1.807) is 0 Å². The zero-order valence-corrected chi connectivity index (χ0v) is 14.7. The van der Waals surface area contributed by atoms with Crippen molar-refractivity contribution in [1.29, 1.82) is 0 Å². The topological polar surface area (TPSA) is 35.5 Å². The first-order valence-corrected chi connectivity index (χ1v) is 9.25. The first kappa shape index (κ1) is 18.9. The number of aliphatic hydroxyl groups is 1. The molecule has 1 aliphatic heterocycles. The summed E-state index contributed by atoms with van der Waals surface area (Å²) >= 11 is 0. The standard InChI is InChI=1S/C18H38N2O/c1-4-13-19-18(3,16-21)12-8-10-15-20-14-9-6-7-11-17(20)5-2/h17,19,21H,4-16H2,1-3H3. The molecule has 1 heterocycles. The van der Waals surface area contributed by atoms with Gasteiger partial charge in [-0.05, 0) is 65.1 Å². The van der Waals surface area contributed by atoms with Crippen molar-refractivity contribution < 1.29 is 5.11 Å². The van der Waals surface area contributed by atoms with Gasteiger partial charge in [-0.1, -0.05) is 33.1 Å². The molecule has 2 N–H and O–H groups in total. The van der Waals surface area contributed by atoms with Gasteiger partial charge in [0.2, 0.25) is 0 Å². The molecule has 0 aromatic carbocycles. The number of hydrogen-bond donors (Lipinski definition) is 2. The minimum atomic E-state index is -0.0844. The zero-order valence-electron chi connectivity index (χ0n) is 14.7. The van der Waals surface area contributed by atoms with E-state index in [0.717, 1.165) is 25.4 Å². The quantitative estimate of drug-likeness (QED) is 0.605. The molecular weight excluding hydrogens is 260 g/mol. The summed E-state index contributed by atoms with van der Waals surface area (Å²) in [4.78, 5) is 2.72. The fourth-order valence-corrected chi connectivity index (χ4v) is 3.47. The molecule has 2 atom stereocenters. The lowest BCUT2D eigenvalue weighted by molar-refractivity contribution is 0.155. The molecule has 1 saturated heterocycles. The van der Waals surface area contributed by atoms with Gasteiger partial charge in [0.15, 0.2) is 0 Å². The van der Waals surface area contributed by atoms with Crippen LogP contribution in [-0.4, -0.2) is 47.8 Å². The highest BCUT2D eigenvalue weighted by Gasteiger charge is 2.22. The molecule has 0 amide bonds. The fraction of sp³-hybridized carbons (Fsp3) is 1.00. The number of aliphatic hydroxyl groups excluding tert-OH is 1. The first-order valence-electron chi connectivity index (χ1n) is 9.25. The van der Waals surface area contributed by atoms with E-state index in [0.29, 0.717) is 0 Å². The maximum atomic E-state index is 9.60. The van der Waals surface area contributed by atoms with E-state index < -0.39 is 0 Å². The molecule has 3 heteroatoms. The summed E-state index contributed by atoms with van der Waals surface area (Å²) in [6.07, 6.45) is 11.6. The van der Waals surface area contributed by atoms with Crippen molar-refractivity contribution in [2.45, 2.75) is 90.1 Å². The van der Waals surface area contributed by atoms with E-state index in [-0.39, 0.29) is 12.1 Å². The third-order valence-corrected chi connectivity index (χ3v) is 5.04. The maximum absolute atomic E-state index is 9.60. The van der Waals surface area contributed by atoms with Gasteiger partial charge in [-0.25, -0.2) is 0 Å². The van der Waals surface area contributed by atoms with Crippen LogP contribution in [0.1, 0.15) is 78.6 Å². The molecule has 3 nitrogen and oxygen atoms in total. The van der Waals surface area contributed by atoms with Gasteiger partial charge < -0.3 is 15.3 Å². The lowest BCUT2D eigenvalue weighted by atomic mass is 9.95. The number of likely N-dealkylation sites (tertiary alicyclic amines) is 1. The Balaban J connectivity index is 2.27. The SMILES string of the molecule is CCCNC(C)(CO)CCCCN1CCCCCC1CC. The Kier molecular flexibility index (Phi) is 9.54. The van der Waals surface area contributed by atoms with Crippen LogP contribution in [0.5, 0.6) is 0 Å². The number of hydrogen-bond acceptors (Lipinski definition) is 3. The number of rotatable bonds is 10. The van der Waals surface area contributed by atoms with Gasteiger partial charge in [0.05, 0.1) is 6.61 Å². The Morgan fingerprint density at radius 3 is 2.67 bits per heavy atom.